The SMILES string of the molecule is Cc1cc(Oc2ccc(F)c(F)c2)c2cc(N)ccc2n1. The van der Waals surface area contributed by atoms with Crippen molar-refractivity contribution in [3.63, 3.8) is 0 Å². The number of halogens is 2. The first-order chi connectivity index (χ1) is 10.0. The maximum absolute atomic E-state index is 13.3. The third-order valence-corrected chi connectivity index (χ3v) is 3.04. The maximum Gasteiger partial charge on any atom is 0.162 e. The minimum absolute atomic E-state index is 0.211. The quantitative estimate of drug-likeness (QED) is 0.718. The van der Waals surface area contributed by atoms with Gasteiger partial charge in [-0.2, -0.15) is 0 Å². The number of hydrogen-bond acceptors (Lipinski definition) is 3. The number of benzene rings is 2. The van der Waals surface area contributed by atoms with Crippen molar-refractivity contribution in [3.8, 4) is 11.5 Å². The molecule has 0 bridgehead atoms. The lowest BCUT2D eigenvalue weighted by Gasteiger charge is -2.10. The summed E-state index contributed by atoms with van der Waals surface area (Å²) in [7, 11) is 0. The average Bonchev–Trinajstić information content (AvgIpc) is 2.43. The van der Waals surface area contributed by atoms with E-state index in [1.54, 1.807) is 24.3 Å². The Labute approximate surface area is 120 Å². The zero-order valence-corrected chi connectivity index (χ0v) is 11.2. The third kappa shape index (κ3) is 2.63. The average molecular weight is 286 g/mol. The highest BCUT2D eigenvalue weighted by atomic mass is 19.2. The summed E-state index contributed by atoms with van der Waals surface area (Å²) in [5, 5.41) is 0.713. The van der Waals surface area contributed by atoms with E-state index < -0.39 is 11.6 Å². The van der Waals surface area contributed by atoms with E-state index in [-0.39, 0.29) is 5.75 Å². The normalized spacial score (nSPS) is 10.8. The van der Waals surface area contributed by atoms with Crippen molar-refractivity contribution in [2.75, 3.05) is 5.73 Å². The van der Waals surface area contributed by atoms with Crippen molar-refractivity contribution in [1.29, 1.82) is 0 Å². The van der Waals surface area contributed by atoms with Gasteiger partial charge >= 0.3 is 0 Å². The van der Waals surface area contributed by atoms with Crippen LogP contribution in [0.1, 0.15) is 5.69 Å². The van der Waals surface area contributed by atoms with Crippen LogP contribution in [0.3, 0.4) is 0 Å². The standard InChI is InChI=1S/C16H12F2N2O/c1-9-6-16(12-7-10(19)2-5-15(12)20-9)21-11-3-4-13(17)14(18)8-11/h2-8H,19H2,1H3. The predicted molar refractivity (Wildman–Crippen MR) is 77.3 cm³/mol. The van der Waals surface area contributed by atoms with Crippen molar-refractivity contribution >= 4 is 16.6 Å². The van der Waals surface area contributed by atoms with Gasteiger partial charge in [-0.3, -0.25) is 4.98 Å². The molecule has 0 fully saturated rings. The number of rotatable bonds is 2. The van der Waals surface area contributed by atoms with E-state index in [4.69, 9.17) is 10.5 Å². The van der Waals surface area contributed by atoms with Crippen LogP contribution in [0.4, 0.5) is 14.5 Å². The van der Waals surface area contributed by atoms with Crippen LogP contribution in [0, 0.1) is 18.6 Å². The molecular weight excluding hydrogens is 274 g/mol. The molecule has 5 heteroatoms. The molecule has 1 aromatic heterocycles. The minimum Gasteiger partial charge on any atom is -0.456 e. The number of anilines is 1. The molecule has 21 heavy (non-hydrogen) atoms. The van der Waals surface area contributed by atoms with Crippen LogP contribution in [0.2, 0.25) is 0 Å². The predicted octanol–water partition coefficient (Wildman–Crippen LogP) is 4.20. The highest BCUT2D eigenvalue weighted by Crippen LogP contribution is 2.31. The second-order valence-electron chi connectivity index (χ2n) is 4.72. The van der Waals surface area contributed by atoms with Gasteiger partial charge < -0.3 is 10.5 Å². The number of pyridine rings is 1. The number of aryl methyl sites for hydroxylation is 1. The van der Waals surface area contributed by atoms with Gasteiger partial charge in [0.25, 0.3) is 0 Å². The molecule has 0 radical (unpaired) electrons. The van der Waals surface area contributed by atoms with Crippen LogP contribution in [-0.2, 0) is 0 Å². The lowest BCUT2D eigenvalue weighted by molar-refractivity contribution is 0.464. The van der Waals surface area contributed by atoms with E-state index in [0.29, 0.717) is 16.8 Å². The number of nitrogens with zero attached hydrogens (tertiary/aromatic N) is 1. The number of aromatic nitrogens is 1. The first-order valence-electron chi connectivity index (χ1n) is 6.33. The van der Waals surface area contributed by atoms with Crippen LogP contribution in [0.5, 0.6) is 11.5 Å². The molecule has 0 saturated heterocycles. The molecule has 0 amide bonds. The minimum atomic E-state index is -0.956. The molecule has 2 N–H and O–H groups in total. The summed E-state index contributed by atoms with van der Waals surface area (Å²) in [6.07, 6.45) is 0. The molecule has 0 saturated carbocycles. The fourth-order valence-corrected chi connectivity index (χ4v) is 2.09. The molecule has 2 aromatic carbocycles. The Morgan fingerprint density at radius 3 is 2.57 bits per heavy atom. The molecule has 3 nitrogen and oxygen atoms in total. The Bertz CT molecular complexity index is 834. The molecule has 3 rings (SSSR count). The monoisotopic (exact) mass is 286 g/mol. The highest BCUT2D eigenvalue weighted by molar-refractivity contribution is 5.88. The molecule has 3 aromatic rings. The van der Waals surface area contributed by atoms with Crippen molar-refractivity contribution in [2.24, 2.45) is 0 Å². The van der Waals surface area contributed by atoms with Gasteiger partial charge in [-0.1, -0.05) is 0 Å². The number of ether oxygens (including phenoxy) is 1. The number of nitrogens with two attached hydrogens (primary N) is 1. The summed E-state index contributed by atoms with van der Waals surface area (Å²) < 4.78 is 31.9. The summed E-state index contributed by atoms with van der Waals surface area (Å²) >= 11 is 0. The summed E-state index contributed by atoms with van der Waals surface area (Å²) in [6.45, 7) is 1.83. The first-order valence-corrected chi connectivity index (χ1v) is 6.33. The molecule has 0 unspecified atom stereocenters. The van der Waals surface area contributed by atoms with Crippen LogP contribution >= 0.6 is 0 Å². The summed E-state index contributed by atoms with van der Waals surface area (Å²) in [4.78, 5) is 4.38. The van der Waals surface area contributed by atoms with Crippen LogP contribution < -0.4 is 10.5 Å². The Hall–Kier alpha value is -2.69. The van der Waals surface area contributed by atoms with E-state index in [0.717, 1.165) is 23.3 Å². The zero-order chi connectivity index (χ0) is 15.0. The molecule has 0 aliphatic carbocycles. The summed E-state index contributed by atoms with van der Waals surface area (Å²) in [5.41, 5.74) is 7.83. The Kier molecular flexibility index (Phi) is 3.17. The molecule has 106 valence electrons. The molecule has 0 aliphatic heterocycles. The van der Waals surface area contributed by atoms with E-state index in [1.807, 2.05) is 6.92 Å². The Morgan fingerprint density at radius 2 is 1.81 bits per heavy atom. The third-order valence-electron chi connectivity index (χ3n) is 3.04. The van der Waals surface area contributed by atoms with Crippen LogP contribution in [-0.4, -0.2) is 4.98 Å². The van der Waals surface area contributed by atoms with Crippen LogP contribution in [0.25, 0.3) is 10.9 Å². The summed E-state index contributed by atoms with van der Waals surface area (Å²) in [5.74, 6) is -1.16. The van der Waals surface area contributed by atoms with Gasteiger partial charge in [0.2, 0.25) is 0 Å². The fraction of sp³-hybridized carbons (Fsp3) is 0.0625. The van der Waals surface area contributed by atoms with Crippen molar-refractivity contribution in [3.05, 3.63) is 59.8 Å². The Balaban J connectivity index is 2.10. The number of nitrogen functional groups attached to an aromatic ring is 1. The lowest BCUT2D eigenvalue weighted by atomic mass is 10.1. The topological polar surface area (TPSA) is 48.1 Å². The smallest absolute Gasteiger partial charge is 0.162 e. The molecular formula is C16H12F2N2O. The van der Waals surface area contributed by atoms with Crippen molar-refractivity contribution in [2.45, 2.75) is 6.92 Å². The van der Waals surface area contributed by atoms with E-state index in [1.165, 1.54) is 6.07 Å². The second kappa shape index (κ2) is 5.01. The molecule has 0 aliphatic rings. The van der Waals surface area contributed by atoms with Gasteiger partial charge in [0.1, 0.15) is 11.5 Å². The lowest BCUT2D eigenvalue weighted by Crippen LogP contribution is -1.93. The number of hydrogen-bond donors (Lipinski definition) is 1. The van der Waals surface area contributed by atoms with Crippen molar-refractivity contribution < 1.29 is 13.5 Å². The van der Waals surface area contributed by atoms with Gasteiger partial charge in [0.05, 0.1) is 5.52 Å². The van der Waals surface area contributed by atoms with Crippen LogP contribution in [0.15, 0.2) is 42.5 Å². The van der Waals surface area contributed by atoms with Gasteiger partial charge in [0.15, 0.2) is 11.6 Å². The van der Waals surface area contributed by atoms with Gasteiger partial charge in [-0.15, -0.1) is 0 Å². The Morgan fingerprint density at radius 1 is 1.00 bits per heavy atom. The molecule has 0 atom stereocenters. The van der Waals surface area contributed by atoms with Gasteiger partial charge in [0, 0.05) is 28.9 Å². The first kappa shape index (κ1) is 13.3. The van der Waals surface area contributed by atoms with E-state index in [2.05, 4.69) is 4.98 Å². The molecule has 0 spiro atoms. The second-order valence-corrected chi connectivity index (χ2v) is 4.72. The van der Waals surface area contributed by atoms with Gasteiger partial charge in [-0.05, 0) is 37.3 Å². The largest absolute Gasteiger partial charge is 0.456 e. The molecule has 1 heterocycles. The van der Waals surface area contributed by atoms with E-state index >= 15 is 0 Å². The van der Waals surface area contributed by atoms with E-state index in [9.17, 15) is 8.78 Å². The zero-order valence-electron chi connectivity index (χ0n) is 11.2. The fourth-order valence-electron chi connectivity index (χ4n) is 2.09. The number of fused-ring (bicyclic) bond motifs is 1. The van der Waals surface area contributed by atoms with Gasteiger partial charge in [-0.25, -0.2) is 8.78 Å². The maximum atomic E-state index is 13.3. The summed E-state index contributed by atoms with van der Waals surface area (Å²) in [6, 6.07) is 10.4. The highest BCUT2D eigenvalue weighted by Gasteiger charge is 2.09. The van der Waals surface area contributed by atoms with Crippen molar-refractivity contribution in [1.82, 2.24) is 4.98 Å².